The maximum absolute atomic E-state index is 2.21. The van der Waals surface area contributed by atoms with Crippen LogP contribution in [0.4, 0.5) is 0 Å². The van der Waals surface area contributed by atoms with Crippen LogP contribution in [-0.2, 0) is 0 Å². The molecule has 0 spiro atoms. The minimum atomic E-state index is 1.37. The van der Waals surface area contributed by atoms with Crippen molar-refractivity contribution >= 4 is 16.8 Å². The van der Waals surface area contributed by atoms with Gasteiger partial charge in [-0.1, -0.05) is 24.3 Å². The van der Waals surface area contributed by atoms with Crippen LogP contribution >= 0.6 is 0 Å². The Bertz CT molecular complexity index is 589. The lowest BCUT2D eigenvalue weighted by atomic mass is 9.86. The Morgan fingerprint density at radius 2 is 1.50 bits per heavy atom. The molecule has 2 aromatic rings. The molecule has 1 aliphatic rings. The van der Waals surface area contributed by atoms with Crippen LogP contribution in [0.2, 0.25) is 0 Å². The highest BCUT2D eigenvalue weighted by Crippen LogP contribution is 2.33. The monoisotopic (exact) mass is 206 g/mol. The van der Waals surface area contributed by atoms with Crippen LogP contribution in [0.15, 0.2) is 30.3 Å². The van der Waals surface area contributed by atoms with Crippen molar-refractivity contribution < 1.29 is 0 Å². The fourth-order valence-electron chi connectivity index (χ4n) is 2.56. The van der Waals surface area contributed by atoms with Crippen molar-refractivity contribution in [3.05, 3.63) is 65.4 Å². The van der Waals surface area contributed by atoms with Gasteiger partial charge in [0.05, 0.1) is 30.6 Å². The number of benzene rings is 2. The van der Waals surface area contributed by atoms with Crippen molar-refractivity contribution in [3.63, 3.8) is 0 Å². The standard InChI is InChI=1S/C16H14/c1-11-13-7-3-5-9-15(13)12(2)16-10-6-4-8-14(11)16/h3-10H,1-2H3/q+1. The minimum absolute atomic E-state index is 1.37. The Morgan fingerprint density at radius 3 is 2.19 bits per heavy atom. The van der Waals surface area contributed by atoms with Crippen LogP contribution in [0.25, 0.3) is 16.8 Å². The summed E-state index contributed by atoms with van der Waals surface area (Å²) in [4.78, 5) is 0. The SMILES string of the molecule is Cc1c2c(c(C)c3ccccc13)C=C[CH+][CH]2. The number of rotatable bonds is 0. The summed E-state index contributed by atoms with van der Waals surface area (Å²) in [6.45, 7) is 4.42. The molecule has 77 valence electrons. The Hall–Kier alpha value is -1.69. The van der Waals surface area contributed by atoms with Crippen LogP contribution in [0.3, 0.4) is 0 Å². The summed E-state index contributed by atoms with van der Waals surface area (Å²) in [5.41, 5.74) is 5.52. The zero-order valence-electron chi connectivity index (χ0n) is 9.62. The first kappa shape index (κ1) is 9.53. The molecule has 16 heavy (non-hydrogen) atoms. The molecule has 1 aliphatic carbocycles. The van der Waals surface area contributed by atoms with E-state index < -0.39 is 0 Å². The van der Waals surface area contributed by atoms with Gasteiger partial charge in [-0.25, -0.2) is 0 Å². The van der Waals surface area contributed by atoms with E-state index in [1.807, 2.05) is 0 Å². The topological polar surface area (TPSA) is 0 Å². The predicted octanol–water partition coefficient (Wildman–Crippen LogP) is 4.24. The summed E-state index contributed by atoms with van der Waals surface area (Å²) in [7, 11) is 0. The molecule has 0 aliphatic heterocycles. The normalized spacial score (nSPS) is 13.6. The van der Waals surface area contributed by atoms with Crippen LogP contribution in [0, 0.1) is 26.7 Å². The van der Waals surface area contributed by atoms with E-state index in [4.69, 9.17) is 0 Å². The fourth-order valence-corrected chi connectivity index (χ4v) is 2.56. The number of hydrogen-bond acceptors (Lipinski definition) is 0. The van der Waals surface area contributed by atoms with E-state index in [0.717, 1.165) is 0 Å². The molecule has 0 amide bonds. The molecule has 0 N–H and O–H groups in total. The van der Waals surface area contributed by atoms with Crippen LogP contribution in [0.1, 0.15) is 22.3 Å². The smallest absolute Gasteiger partial charge is 0.0616 e. The van der Waals surface area contributed by atoms with Gasteiger partial charge in [-0.3, -0.25) is 0 Å². The van der Waals surface area contributed by atoms with Crippen LogP contribution in [0.5, 0.6) is 0 Å². The van der Waals surface area contributed by atoms with E-state index in [0.29, 0.717) is 0 Å². The molecule has 0 unspecified atom stereocenters. The third-order valence-electron chi connectivity index (χ3n) is 3.47. The average Bonchev–Trinajstić information content (AvgIpc) is 2.36. The number of allylic oxidation sites excluding steroid dienone is 1. The molecular formula is C16H14+. The van der Waals surface area contributed by atoms with Gasteiger partial charge in [0.2, 0.25) is 0 Å². The quantitative estimate of drug-likeness (QED) is 0.565. The van der Waals surface area contributed by atoms with Gasteiger partial charge in [-0.15, -0.1) is 0 Å². The number of hydrogen-bond donors (Lipinski definition) is 0. The van der Waals surface area contributed by atoms with Crippen molar-refractivity contribution in [2.45, 2.75) is 13.8 Å². The molecule has 0 heteroatoms. The first-order valence-corrected chi connectivity index (χ1v) is 5.65. The van der Waals surface area contributed by atoms with Gasteiger partial charge in [0.1, 0.15) is 0 Å². The summed E-state index contributed by atoms with van der Waals surface area (Å²) in [5, 5.41) is 2.75. The molecular weight excluding hydrogens is 192 g/mol. The summed E-state index contributed by atoms with van der Waals surface area (Å²) in [6, 6.07) is 8.65. The van der Waals surface area contributed by atoms with Gasteiger partial charge < -0.3 is 0 Å². The number of aryl methyl sites for hydroxylation is 2. The van der Waals surface area contributed by atoms with Crippen LogP contribution < -0.4 is 0 Å². The summed E-state index contributed by atoms with van der Waals surface area (Å²) in [5.74, 6) is 0. The maximum atomic E-state index is 2.21. The minimum Gasteiger partial charge on any atom is -0.0616 e. The number of fused-ring (bicyclic) bond motifs is 2. The zero-order chi connectivity index (χ0) is 11.1. The molecule has 0 bridgehead atoms. The molecule has 2 aromatic carbocycles. The summed E-state index contributed by atoms with van der Waals surface area (Å²) in [6.07, 6.45) is 8.65. The third kappa shape index (κ3) is 1.19. The lowest BCUT2D eigenvalue weighted by Gasteiger charge is -2.14. The lowest BCUT2D eigenvalue weighted by molar-refractivity contribution is 1.31. The first-order valence-electron chi connectivity index (χ1n) is 5.65. The second-order valence-corrected chi connectivity index (χ2v) is 4.34. The highest BCUT2D eigenvalue weighted by molar-refractivity contribution is 5.94. The fraction of sp³-hybridized carbons (Fsp3) is 0.125. The predicted molar refractivity (Wildman–Crippen MR) is 70.2 cm³/mol. The van der Waals surface area contributed by atoms with E-state index in [1.165, 1.54) is 33.0 Å². The Balaban J connectivity index is 2.50. The molecule has 3 rings (SSSR count). The van der Waals surface area contributed by atoms with E-state index in [2.05, 4.69) is 63.1 Å². The lowest BCUT2D eigenvalue weighted by Crippen LogP contribution is -2.00. The second kappa shape index (κ2) is 3.41. The van der Waals surface area contributed by atoms with E-state index in [1.54, 1.807) is 0 Å². The Kier molecular flexibility index (Phi) is 2.03. The van der Waals surface area contributed by atoms with Gasteiger partial charge in [0, 0.05) is 5.56 Å². The summed E-state index contributed by atoms with van der Waals surface area (Å²) >= 11 is 0. The van der Waals surface area contributed by atoms with E-state index in [-0.39, 0.29) is 0 Å². The van der Waals surface area contributed by atoms with Gasteiger partial charge in [0.15, 0.2) is 0 Å². The Labute approximate surface area is 96.6 Å². The van der Waals surface area contributed by atoms with Crippen molar-refractivity contribution in [3.8, 4) is 0 Å². The molecule has 0 saturated heterocycles. The third-order valence-corrected chi connectivity index (χ3v) is 3.47. The highest BCUT2D eigenvalue weighted by Gasteiger charge is 2.19. The largest absolute Gasteiger partial charge is 0.0988 e. The first-order chi connectivity index (χ1) is 7.79. The van der Waals surface area contributed by atoms with Gasteiger partial charge in [-0.2, -0.15) is 0 Å². The molecule has 0 atom stereocenters. The van der Waals surface area contributed by atoms with Crippen molar-refractivity contribution in [2.24, 2.45) is 0 Å². The molecule has 0 heterocycles. The van der Waals surface area contributed by atoms with Crippen LogP contribution in [-0.4, -0.2) is 0 Å². The molecule has 0 nitrogen and oxygen atoms in total. The van der Waals surface area contributed by atoms with E-state index in [9.17, 15) is 0 Å². The second-order valence-electron chi connectivity index (χ2n) is 4.34. The molecule has 1 radical (unpaired) electrons. The molecule has 0 saturated carbocycles. The van der Waals surface area contributed by atoms with Gasteiger partial charge in [0.25, 0.3) is 0 Å². The van der Waals surface area contributed by atoms with Gasteiger partial charge >= 0.3 is 0 Å². The maximum Gasteiger partial charge on any atom is 0.0988 e. The van der Waals surface area contributed by atoms with Gasteiger partial charge in [-0.05, 0) is 35.7 Å². The zero-order valence-corrected chi connectivity index (χ0v) is 9.62. The highest BCUT2D eigenvalue weighted by atomic mass is 14.2. The van der Waals surface area contributed by atoms with Crippen molar-refractivity contribution in [2.75, 3.05) is 0 Å². The average molecular weight is 206 g/mol. The van der Waals surface area contributed by atoms with Crippen molar-refractivity contribution in [1.82, 2.24) is 0 Å². The molecule has 0 aromatic heterocycles. The van der Waals surface area contributed by atoms with Crippen molar-refractivity contribution in [1.29, 1.82) is 0 Å². The Morgan fingerprint density at radius 1 is 0.875 bits per heavy atom. The summed E-state index contributed by atoms with van der Waals surface area (Å²) < 4.78 is 0. The van der Waals surface area contributed by atoms with E-state index >= 15 is 0 Å². The molecule has 0 fully saturated rings.